The molecule has 0 saturated heterocycles. The summed E-state index contributed by atoms with van der Waals surface area (Å²) in [5.41, 5.74) is 2.90. The van der Waals surface area contributed by atoms with Gasteiger partial charge in [-0.1, -0.05) is 18.2 Å². The molecule has 0 bridgehead atoms. The van der Waals surface area contributed by atoms with Crippen molar-refractivity contribution < 1.29 is 4.39 Å². The van der Waals surface area contributed by atoms with Gasteiger partial charge in [0, 0.05) is 29.6 Å². The number of halogens is 1. The maximum atomic E-state index is 13.3. The number of benzene rings is 2. The maximum absolute atomic E-state index is 13.3. The summed E-state index contributed by atoms with van der Waals surface area (Å²) in [6.45, 7) is 0. The van der Waals surface area contributed by atoms with Crippen molar-refractivity contribution >= 4 is 21.8 Å². The van der Waals surface area contributed by atoms with Crippen molar-refractivity contribution in [2.24, 2.45) is 7.05 Å². The van der Waals surface area contributed by atoms with Crippen molar-refractivity contribution in [1.29, 1.82) is 0 Å². The van der Waals surface area contributed by atoms with Crippen LogP contribution in [0.3, 0.4) is 0 Å². The minimum absolute atomic E-state index is 0.248. The highest BCUT2D eigenvalue weighted by atomic mass is 19.1. The molecule has 3 heteroatoms. The predicted octanol–water partition coefficient (Wildman–Crippen LogP) is 3.97. The summed E-state index contributed by atoms with van der Waals surface area (Å²) in [6.07, 6.45) is 0. The van der Waals surface area contributed by atoms with E-state index in [0.717, 1.165) is 27.7 Å². The quantitative estimate of drug-likeness (QED) is 0.461. The number of para-hydroxylation sites is 1. The summed E-state index contributed by atoms with van der Waals surface area (Å²) in [4.78, 5) is 4.55. The Morgan fingerprint density at radius 1 is 1.05 bits per heavy atom. The maximum Gasteiger partial charge on any atom is 0.141 e. The monoisotopic (exact) mass is 250 g/mol. The molecule has 0 atom stereocenters. The first-order valence-corrected chi connectivity index (χ1v) is 6.17. The van der Waals surface area contributed by atoms with Crippen molar-refractivity contribution in [3.63, 3.8) is 0 Å². The Labute approximate surface area is 109 Å². The van der Waals surface area contributed by atoms with Gasteiger partial charge in [-0.25, -0.2) is 9.37 Å². The van der Waals surface area contributed by atoms with E-state index in [2.05, 4.69) is 27.8 Å². The fourth-order valence-electron chi connectivity index (χ4n) is 2.70. The van der Waals surface area contributed by atoms with Gasteiger partial charge >= 0.3 is 0 Å². The first kappa shape index (κ1) is 10.5. The fraction of sp³-hybridized carbons (Fsp3) is 0.0625. The minimum Gasteiger partial charge on any atom is -0.328 e. The van der Waals surface area contributed by atoms with E-state index in [0.29, 0.717) is 5.52 Å². The van der Waals surface area contributed by atoms with Gasteiger partial charge in [0.15, 0.2) is 0 Å². The summed E-state index contributed by atoms with van der Waals surface area (Å²) in [5, 5.41) is 2.16. The highest BCUT2D eigenvalue weighted by Gasteiger charge is 2.16. The van der Waals surface area contributed by atoms with Crippen LogP contribution in [0.4, 0.5) is 4.39 Å². The van der Waals surface area contributed by atoms with E-state index in [1.165, 1.54) is 12.1 Å². The third-order valence-electron chi connectivity index (χ3n) is 3.63. The summed E-state index contributed by atoms with van der Waals surface area (Å²) < 4.78 is 15.4. The second kappa shape index (κ2) is 3.54. The van der Waals surface area contributed by atoms with Gasteiger partial charge in [-0.3, -0.25) is 0 Å². The van der Waals surface area contributed by atoms with Crippen molar-refractivity contribution in [1.82, 2.24) is 9.55 Å². The molecule has 0 fully saturated rings. The second-order valence-corrected chi connectivity index (χ2v) is 4.77. The van der Waals surface area contributed by atoms with Crippen molar-refractivity contribution in [3.8, 4) is 11.4 Å². The van der Waals surface area contributed by atoms with E-state index in [-0.39, 0.29) is 5.82 Å². The van der Waals surface area contributed by atoms with E-state index >= 15 is 0 Å². The Morgan fingerprint density at radius 3 is 2.79 bits per heavy atom. The number of nitrogens with zero attached hydrogens (tertiary/aromatic N) is 2. The lowest BCUT2D eigenvalue weighted by molar-refractivity contribution is 0.629. The Kier molecular flexibility index (Phi) is 1.96. The van der Waals surface area contributed by atoms with Gasteiger partial charge in [-0.2, -0.15) is 0 Å². The lowest BCUT2D eigenvalue weighted by Gasteiger charge is -2.10. The Bertz CT molecular complexity index is 892. The van der Waals surface area contributed by atoms with Gasteiger partial charge in [0.25, 0.3) is 0 Å². The molecule has 2 heterocycles. The first-order chi connectivity index (χ1) is 9.24. The van der Waals surface area contributed by atoms with E-state index in [1.54, 1.807) is 6.07 Å². The van der Waals surface area contributed by atoms with Gasteiger partial charge in [-0.15, -0.1) is 0 Å². The summed E-state index contributed by atoms with van der Waals surface area (Å²) in [7, 11) is 1.99. The second-order valence-electron chi connectivity index (χ2n) is 4.77. The molecule has 92 valence electrons. The van der Waals surface area contributed by atoms with Crippen LogP contribution in [-0.2, 0) is 7.05 Å². The van der Waals surface area contributed by atoms with Crippen LogP contribution < -0.4 is 0 Å². The van der Waals surface area contributed by atoms with Crippen LogP contribution in [0.2, 0.25) is 0 Å². The molecule has 0 aliphatic carbocycles. The van der Waals surface area contributed by atoms with Gasteiger partial charge in [0.05, 0.1) is 5.52 Å². The molecule has 2 aromatic carbocycles. The topological polar surface area (TPSA) is 17.8 Å². The van der Waals surface area contributed by atoms with Crippen LogP contribution in [0.1, 0.15) is 0 Å². The molecule has 0 amide bonds. The Balaban J connectivity index is 2.25. The molecule has 2 aliphatic heterocycles. The Hall–Kier alpha value is -2.42. The highest BCUT2D eigenvalue weighted by Crippen LogP contribution is 2.34. The average Bonchev–Trinajstić information content (AvgIpc) is 2.77. The standard InChI is InChI=1S/C16H11FN2/c1-19-15-5-3-2-4-10(15)8-13-12-7-6-11(17)9-14(12)18-16(13)19/h2-9H,1H3. The number of hydrogen-bond donors (Lipinski definition) is 0. The van der Waals surface area contributed by atoms with Crippen LogP contribution >= 0.6 is 0 Å². The smallest absolute Gasteiger partial charge is 0.141 e. The predicted molar refractivity (Wildman–Crippen MR) is 74.8 cm³/mol. The molecule has 2 nitrogen and oxygen atoms in total. The number of aromatic nitrogens is 2. The lowest BCUT2D eigenvalue weighted by Crippen LogP contribution is -1.98. The molecule has 4 rings (SSSR count). The molecule has 0 saturated carbocycles. The molecule has 2 aromatic rings. The van der Waals surface area contributed by atoms with Crippen LogP contribution in [0.15, 0.2) is 48.5 Å². The van der Waals surface area contributed by atoms with Gasteiger partial charge in [0.2, 0.25) is 0 Å². The molecule has 0 spiro atoms. The lowest BCUT2D eigenvalue weighted by atomic mass is 10.1. The molecule has 19 heavy (non-hydrogen) atoms. The fourth-order valence-corrected chi connectivity index (χ4v) is 2.70. The third-order valence-corrected chi connectivity index (χ3v) is 3.63. The molecular formula is C16H11FN2. The van der Waals surface area contributed by atoms with E-state index < -0.39 is 0 Å². The first-order valence-electron chi connectivity index (χ1n) is 6.17. The van der Waals surface area contributed by atoms with E-state index in [1.807, 2.05) is 19.2 Å². The number of aryl methyl sites for hydroxylation is 1. The van der Waals surface area contributed by atoms with Gasteiger partial charge in [-0.05, 0) is 29.7 Å². The number of pyridine rings is 1. The van der Waals surface area contributed by atoms with Crippen LogP contribution in [0.5, 0.6) is 0 Å². The molecule has 0 radical (unpaired) electrons. The van der Waals surface area contributed by atoms with Gasteiger partial charge in [0.1, 0.15) is 11.6 Å². The molecule has 2 aliphatic rings. The van der Waals surface area contributed by atoms with Crippen LogP contribution in [0.25, 0.3) is 33.2 Å². The SMILES string of the molecule is Cn1c2nc3cc(F)ccc3c-2cc2ccccc21. The molecule has 0 aromatic heterocycles. The van der Waals surface area contributed by atoms with Crippen molar-refractivity contribution in [3.05, 3.63) is 54.3 Å². The van der Waals surface area contributed by atoms with Crippen LogP contribution in [0, 0.1) is 5.82 Å². The van der Waals surface area contributed by atoms with Crippen molar-refractivity contribution in [2.75, 3.05) is 0 Å². The minimum atomic E-state index is -0.248. The molecule has 0 N–H and O–H groups in total. The number of hydrogen-bond acceptors (Lipinski definition) is 1. The van der Waals surface area contributed by atoms with Crippen molar-refractivity contribution in [2.45, 2.75) is 0 Å². The highest BCUT2D eigenvalue weighted by molar-refractivity contribution is 6.00. The summed E-state index contributed by atoms with van der Waals surface area (Å²) in [6, 6.07) is 15.1. The molecule has 0 unspecified atom stereocenters. The number of rotatable bonds is 0. The zero-order valence-electron chi connectivity index (χ0n) is 10.4. The summed E-state index contributed by atoms with van der Waals surface area (Å²) in [5.74, 6) is 0.641. The third kappa shape index (κ3) is 1.38. The summed E-state index contributed by atoms with van der Waals surface area (Å²) >= 11 is 0. The Morgan fingerprint density at radius 2 is 1.89 bits per heavy atom. The van der Waals surface area contributed by atoms with Crippen LogP contribution in [-0.4, -0.2) is 9.55 Å². The molecular weight excluding hydrogens is 239 g/mol. The zero-order chi connectivity index (χ0) is 13.0. The van der Waals surface area contributed by atoms with E-state index in [4.69, 9.17) is 0 Å². The van der Waals surface area contributed by atoms with Gasteiger partial charge < -0.3 is 4.57 Å². The normalized spacial score (nSPS) is 11.7. The van der Waals surface area contributed by atoms with E-state index in [9.17, 15) is 4.39 Å². The largest absolute Gasteiger partial charge is 0.328 e. The zero-order valence-corrected chi connectivity index (χ0v) is 10.4. The average molecular weight is 250 g/mol. The number of fused-ring (bicyclic) bond motifs is 4.